The fraction of sp³-hybridized carbons (Fsp3) is 0.269. The zero-order valence-electron chi connectivity index (χ0n) is 18.4. The van der Waals surface area contributed by atoms with Gasteiger partial charge in [0, 0.05) is 12.0 Å². The number of amides is 2. The molecule has 3 aromatic rings. The van der Waals surface area contributed by atoms with Crippen molar-refractivity contribution in [3.05, 3.63) is 77.7 Å². The number of carboxylic acid groups (broad SMARTS) is 1. The Morgan fingerprint density at radius 3 is 2.21 bits per heavy atom. The van der Waals surface area contributed by atoms with Gasteiger partial charge in [0.1, 0.15) is 12.1 Å². The smallest absolute Gasteiger partial charge is 0.411 e. The molecule has 34 heavy (non-hydrogen) atoms. The first-order chi connectivity index (χ1) is 16.5. The molecule has 2 amide bonds. The number of nitrogens with one attached hydrogen (secondary N) is 2. The van der Waals surface area contributed by atoms with Crippen LogP contribution >= 0.6 is 0 Å². The number of benzene rings is 2. The van der Waals surface area contributed by atoms with E-state index < -0.39 is 23.5 Å². The number of aliphatic carboxylic acids is 1. The summed E-state index contributed by atoms with van der Waals surface area (Å²) in [6, 6.07) is 17.5. The van der Waals surface area contributed by atoms with Crippen molar-refractivity contribution in [1.29, 1.82) is 0 Å². The van der Waals surface area contributed by atoms with E-state index in [1.165, 1.54) is 12.3 Å². The lowest BCUT2D eigenvalue weighted by Gasteiger charge is -2.24. The number of fused-ring (bicyclic) bond motifs is 3. The zero-order valence-corrected chi connectivity index (χ0v) is 18.4. The quantitative estimate of drug-likeness (QED) is 0.488. The van der Waals surface area contributed by atoms with Gasteiger partial charge in [0.15, 0.2) is 0 Å². The second kappa shape index (κ2) is 8.70. The van der Waals surface area contributed by atoms with Gasteiger partial charge in [0.25, 0.3) is 5.91 Å². The number of carbonyl (C=O) groups is 3. The summed E-state index contributed by atoms with van der Waals surface area (Å²) in [7, 11) is 0. The average Bonchev–Trinajstić information content (AvgIpc) is 3.56. The van der Waals surface area contributed by atoms with Gasteiger partial charge in [-0.3, -0.25) is 10.1 Å². The SMILES string of the molecule is O=C(Nc1ccoc1C(=O)NC1(C(=O)O)CCCC1)OCC1c2ccccc2-c2ccccc21. The van der Waals surface area contributed by atoms with Crippen LogP contribution in [0.2, 0.25) is 0 Å². The summed E-state index contributed by atoms with van der Waals surface area (Å²) in [6.07, 6.45) is 2.67. The van der Waals surface area contributed by atoms with Crippen LogP contribution in [0.3, 0.4) is 0 Å². The first-order valence-electron chi connectivity index (χ1n) is 11.2. The highest BCUT2D eigenvalue weighted by Crippen LogP contribution is 2.44. The molecule has 1 fully saturated rings. The molecule has 0 atom stereocenters. The van der Waals surface area contributed by atoms with Gasteiger partial charge in [0.05, 0.1) is 12.0 Å². The third-order valence-corrected chi connectivity index (χ3v) is 6.67. The third kappa shape index (κ3) is 3.81. The van der Waals surface area contributed by atoms with E-state index in [9.17, 15) is 19.5 Å². The van der Waals surface area contributed by atoms with Crippen LogP contribution in [0.1, 0.15) is 53.3 Å². The van der Waals surface area contributed by atoms with Crippen molar-refractivity contribution >= 4 is 23.7 Å². The van der Waals surface area contributed by atoms with Crippen LogP contribution in [0.5, 0.6) is 0 Å². The summed E-state index contributed by atoms with van der Waals surface area (Å²) in [4.78, 5) is 37.1. The van der Waals surface area contributed by atoms with Crippen LogP contribution in [0, 0.1) is 0 Å². The molecule has 0 unspecified atom stereocenters. The van der Waals surface area contributed by atoms with Gasteiger partial charge < -0.3 is 19.6 Å². The molecule has 1 saturated carbocycles. The molecule has 174 valence electrons. The number of furan rings is 1. The number of ether oxygens (including phenoxy) is 1. The van der Waals surface area contributed by atoms with Crippen LogP contribution in [0.25, 0.3) is 11.1 Å². The fourth-order valence-corrected chi connectivity index (χ4v) is 4.97. The minimum atomic E-state index is -1.31. The van der Waals surface area contributed by atoms with Crippen LogP contribution in [0.15, 0.2) is 65.3 Å². The monoisotopic (exact) mass is 460 g/mol. The second-order valence-corrected chi connectivity index (χ2v) is 8.66. The van der Waals surface area contributed by atoms with Crippen molar-refractivity contribution in [3.63, 3.8) is 0 Å². The molecule has 0 aliphatic heterocycles. The standard InChI is InChI=1S/C26H24N2O6/c29-23(28-26(24(30)31)12-5-6-13-26)22-21(11-14-33-22)27-25(32)34-15-20-18-9-3-1-7-16(18)17-8-2-4-10-19(17)20/h1-4,7-11,14,20H,5-6,12-13,15H2,(H,27,32)(H,28,29)(H,30,31). The third-order valence-electron chi connectivity index (χ3n) is 6.67. The number of anilines is 1. The van der Waals surface area contributed by atoms with Crippen molar-refractivity contribution < 1.29 is 28.6 Å². The Labute approximate surface area is 195 Å². The van der Waals surface area contributed by atoms with Crippen LogP contribution in [-0.4, -0.2) is 35.2 Å². The Bertz CT molecular complexity index is 1210. The van der Waals surface area contributed by atoms with Gasteiger partial charge in [-0.05, 0) is 35.1 Å². The lowest BCUT2D eigenvalue weighted by Crippen LogP contribution is -2.52. The Morgan fingerprint density at radius 1 is 0.971 bits per heavy atom. The van der Waals surface area contributed by atoms with E-state index in [0.29, 0.717) is 12.8 Å². The van der Waals surface area contributed by atoms with E-state index >= 15 is 0 Å². The molecule has 0 spiro atoms. The molecular formula is C26H24N2O6. The number of rotatable bonds is 6. The van der Waals surface area contributed by atoms with E-state index in [0.717, 1.165) is 35.1 Å². The van der Waals surface area contributed by atoms with Gasteiger partial charge in [-0.15, -0.1) is 0 Å². The van der Waals surface area contributed by atoms with Gasteiger partial charge in [-0.25, -0.2) is 9.59 Å². The van der Waals surface area contributed by atoms with Gasteiger partial charge in [0.2, 0.25) is 5.76 Å². The molecule has 1 aromatic heterocycles. The Hall–Kier alpha value is -4.07. The van der Waals surface area contributed by atoms with E-state index in [1.807, 2.05) is 36.4 Å². The number of hydrogen-bond acceptors (Lipinski definition) is 5. The first-order valence-corrected chi connectivity index (χ1v) is 11.2. The van der Waals surface area contributed by atoms with E-state index in [1.54, 1.807) is 0 Å². The molecule has 8 heteroatoms. The lowest BCUT2D eigenvalue weighted by atomic mass is 9.97. The molecule has 3 N–H and O–H groups in total. The van der Waals surface area contributed by atoms with E-state index in [-0.39, 0.29) is 24.0 Å². The van der Waals surface area contributed by atoms with Gasteiger partial charge >= 0.3 is 12.1 Å². The normalized spacial score (nSPS) is 15.9. The molecule has 0 bridgehead atoms. The van der Waals surface area contributed by atoms with Crippen LogP contribution in [0.4, 0.5) is 10.5 Å². The summed E-state index contributed by atoms with van der Waals surface area (Å²) in [6.45, 7) is 0.126. The highest BCUT2D eigenvalue weighted by atomic mass is 16.5. The lowest BCUT2D eigenvalue weighted by molar-refractivity contribution is -0.144. The molecule has 2 aromatic carbocycles. The minimum absolute atomic E-state index is 0.0944. The largest absolute Gasteiger partial charge is 0.480 e. The van der Waals surface area contributed by atoms with Crippen molar-refractivity contribution in [2.75, 3.05) is 11.9 Å². The molecule has 1 heterocycles. The van der Waals surface area contributed by atoms with Gasteiger partial charge in [-0.1, -0.05) is 61.4 Å². The predicted octanol–water partition coefficient (Wildman–Crippen LogP) is 4.77. The topological polar surface area (TPSA) is 118 Å². The van der Waals surface area contributed by atoms with Crippen molar-refractivity contribution in [2.45, 2.75) is 37.1 Å². The molecule has 8 nitrogen and oxygen atoms in total. The molecule has 0 saturated heterocycles. The van der Waals surface area contributed by atoms with E-state index in [4.69, 9.17) is 9.15 Å². The van der Waals surface area contributed by atoms with Crippen molar-refractivity contribution in [1.82, 2.24) is 5.32 Å². The molecule has 2 aliphatic rings. The Kier molecular flexibility index (Phi) is 5.57. The molecule has 0 radical (unpaired) electrons. The minimum Gasteiger partial charge on any atom is -0.480 e. The number of carbonyl (C=O) groups excluding carboxylic acids is 2. The summed E-state index contributed by atoms with van der Waals surface area (Å²) in [5, 5.41) is 14.7. The van der Waals surface area contributed by atoms with Crippen molar-refractivity contribution in [2.24, 2.45) is 0 Å². The predicted molar refractivity (Wildman–Crippen MR) is 124 cm³/mol. The summed E-state index contributed by atoms with van der Waals surface area (Å²) in [5.74, 6) is -2.02. The summed E-state index contributed by atoms with van der Waals surface area (Å²) in [5.41, 5.74) is 3.24. The maximum absolute atomic E-state index is 12.8. The average molecular weight is 460 g/mol. The highest BCUT2D eigenvalue weighted by molar-refractivity contribution is 6.02. The first kappa shape index (κ1) is 21.8. The van der Waals surface area contributed by atoms with Gasteiger partial charge in [-0.2, -0.15) is 0 Å². The zero-order chi connectivity index (χ0) is 23.7. The molecule has 2 aliphatic carbocycles. The molecule has 5 rings (SSSR count). The summed E-state index contributed by atoms with van der Waals surface area (Å²) < 4.78 is 10.8. The number of hydrogen-bond donors (Lipinski definition) is 3. The second-order valence-electron chi connectivity index (χ2n) is 8.66. The van der Waals surface area contributed by atoms with Crippen LogP contribution < -0.4 is 10.6 Å². The number of carboxylic acids is 1. The molecular weight excluding hydrogens is 436 g/mol. The summed E-state index contributed by atoms with van der Waals surface area (Å²) >= 11 is 0. The maximum atomic E-state index is 12.8. The van der Waals surface area contributed by atoms with Crippen LogP contribution in [-0.2, 0) is 9.53 Å². The fourth-order valence-electron chi connectivity index (χ4n) is 4.97. The maximum Gasteiger partial charge on any atom is 0.411 e. The Balaban J connectivity index is 1.26. The Morgan fingerprint density at radius 2 is 1.59 bits per heavy atom. The van der Waals surface area contributed by atoms with Crippen molar-refractivity contribution in [3.8, 4) is 11.1 Å². The highest BCUT2D eigenvalue weighted by Gasteiger charge is 2.43. The van der Waals surface area contributed by atoms with E-state index in [2.05, 4.69) is 22.8 Å².